The van der Waals surface area contributed by atoms with Crippen LogP contribution < -0.4 is 4.90 Å². The number of rotatable bonds is 6. The second kappa shape index (κ2) is 10.0. The molecule has 41 heavy (non-hydrogen) atoms. The van der Waals surface area contributed by atoms with Crippen molar-refractivity contribution in [1.82, 2.24) is 19.7 Å². The molecule has 0 radical (unpaired) electrons. The van der Waals surface area contributed by atoms with Crippen LogP contribution in [0.4, 0.5) is 16.2 Å². The molecule has 0 spiro atoms. The molecule has 4 aromatic rings. The van der Waals surface area contributed by atoms with E-state index in [1.165, 1.54) is 17.0 Å². The first-order valence-corrected chi connectivity index (χ1v) is 14.0. The van der Waals surface area contributed by atoms with E-state index in [4.69, 9.17) is 0 Å². The summed E-state index contributed by atoms with van der Waals surface area (Å²) in [7, 11) is 0. The van der Waals surface area contributed by atoms with Crippen molar-refractivity contribution in [3.63, 3.8) is 0 Å². The number of carbonyl (C=O) groups is 2. The zero-order chi connectivity index (χ0) is 28.1. The summed E-state index contributed by atoms with van der Waals surface area (Å²) in [6.45, 7) is 4.06. The lowest BCUT2D eigenvalue weighted by Crippen LogP contribution is -2.49. The molecule has 1 aromatic heterocycles. The van der Waals surface area contributed by atoms with Crippen LogP contribution in [0.25, 0.3) is 10.9 Å². The molecule has 208 valence electrons. The number of imide groups is 1. The number of carbonyl (C=O) groups excluding carboxylic acids is 2. The molecule has 0 saturated carbocycles. The minimum atomic E-state index is -0.529. The van der Waals surface area contributed by atoms with Crippen LogP contribution >= 0.6 is 0 Å². The summed E-state index contributed by atoms with van der Waals surface area (Å²) in [6.07, 6.45) is 0.498. The van der Waals surface area contributed by atoms with Gasteiger partial charge in [-0.25, -0.2) is 4.79 Å². The van der Waals surface area contributed by atoms with Crippen molar-refractivity contribution in [2.75, 3.05) is 44.2 Å². The summed E-state index contributed by atoms with van der Waals surface area (Å²) >= 11 is 0. The van der Waals surface area contributed by atoms with Crippen molar-refractivity contribution in [2.45, 2.75) is 18.5 Å². The van der Waals surface area contributed by atoms with Gasteiger partial charge in [-0.05, 0) is 29.3 Å². The number of para-hydroxylation sites is 1. The molecule has 0 bridgehead atoms. The van der Waals surface area contributed by atoms with Gasteiger partial charge in [0.15, 0.2) is 0 Å². The number of H-pyrrole nitrogens is 1. The van der Waals surface area contributed by atoms with E-state index in [-0.39, 0.29) is 23.7 Å². The van der Waals surface area contributed by atoms with Crippen molar-refractivity contribution < 1.29 is 14.5 Å². The smallest absolute Gasteiger partial charge is 0.328 e. The van der Waals surface area contributed by atoms with E-state index < -0.39 is 11.0 Å². The van der Waals surface area contributed by atoms with Crippen LogP contribution in [0, 0.1) is 10.1 Å². The highest BCUT2D eigenvalue weighted by atomic mass is 16.6. The normalized spacial score (nSPS) is 20.9. The fourth-order valence-corrected chi connectivity index (χ4v) is 6.57. The first kappa shape index (κ1) is 25.3. The maximum atomic E-state index is 13.9. The number of urea groups is 1. The SMILES string of the molecule is O=C1[C@H]2Cc3c([nH]c4ccccc34)[C@H](c3ccccc3)N2C(=O)N1CCN1CCN(c2ccc([N+](=O)[O-])cc2)CC1. The van der Waals surface area contributed by atoms with Gasteiger partial charge in [0.1, 0.15) is 12.1 Å². The summed E-state index contributed by atoms with van der Waals surface area (Å²) in [5.74, 6) is -0.128. The molecule has 3 aliphatic rings. The van der Waals surface area contributed by atoms with Crippen LogP contribution in [0.15, 0.2) is 78.9 Å². The number of nitrogens with zero attached hydrogens (tertiary/aromatic N) is 5. The van der Waals surface area contributed by atoms with Gasteiger partial charge in [0.05, 0.1) is 4.92 Å². The molecule has 0 aliphatic carbocycles. The zero-order valence-electron chi connectivity index (χ0n) is 22.5. The minimum Gasteiger partial charge on any atom is -0.369 e. The van der Waals surface area contributed by atoms with Gasteiger partial charge in [-0.2, -0.15) is 0 Å². The number of piperazine rings is 1. The van der Waals surface area contributed by atoms with Crippen molar-refractivity contribution in [1.29, 1.82) is 0 Å². The Morgan fingerprint density at radius 1 is 0.854 bits per heavy atom. The molecule has 3 aliphatic heterocycles. The van der Waals surface area contributed by atoms with Crippen molar-refractivity contribution in [2.24, 2.45) is 0 Å². The van der Waals surface area contributed by atoms with Crippen LogP contribution in [-0.4, -0.2) is 81.9 Å². The lowest BCUT2D eigenvalue weighted by atomic mass is 9.89. The maximum Gasteiger partial charge on any atom is 0.328 e. The summed E-state index contributed by atoms with van der Waals surface area (Å²) in [4.78, 5) is 49.5. The van der Waals surface area contributed by atoms with Crippen LogP contribution in [0.5, 0.6) is 0 Å². The minimum absolute atomic E-state index is 0.0820. The van der Waals surface area contributed by atoms with Gasteiger partial charge in [0.25, 0.3) is 11.6 Å². The van der Waals surface area contributed by atoms with Gasteiger partial charge < -0.3 is 9.88 Å². The van der Waals surface area contributed by atoms with Crippen molar-refractivity contribution >= 4 is 34.2 Å². The second-order valence-corrected chi connectivity index (χ2v) is 10.9. The number of benzene rings is 3. The Morgan fingerprint density at radius 3 is 2.29 bits per heavy atom. The highest BCUT2D eigenvalue weighted by Crippen LogP contribution is 2.43. The molecule has 4 heterocycles. The number of aromatic nitrogens is 1. The average molecular weight is 551 g/mol. The van der Waals surface area contributed by atoms with E-state index in [1.807, 2.05) is 48.5 Å². The van der Waals surface area contributed by atoms with Gasteiger partial charge in [0.2, 0.25) is 0 Å². The number of amides is 3. The molecule has 2 atom stereocenters. The quantitative estimate of drug-likeness (QED) is 0.219. The second-order valence-electron chi connectivity index (χ2n) is 10.9. The molecule has 10 nitrogen and oxygen atoms in total. The molecule has 1 N–H and O–H groups in total. The monoisotopic (exact) mass is 550 g/mol. The third-order valence-electron chi connectivity index (χ3n) is 8.69. The molecule has 0 unspecified atom stereocenters. The van der Waals surface area contributed by atoms with E-state index in [1.54, 1.807) is 17.0 Å². The highest BCUT2D eigenvalue weighted by molar-refractivity contribution is 6.05. The number of anilines is 1. The van der Waals surface area contributed by atoms with Gasteiger partial charge in [-0.1, -0.05) is 48.5 Å². The Balaban J connectivity index is 1.07. The topological polar surface area (TPSA) is 106 Å². The summed E-state index contributed by atoms with van der Waals surface area (Å²) in [5.41, 5.74) is 5.14. The number of hydrogen-bond acceptors (Lipinski definition) is 6. The summed E-state index contributed by atoms with van der Waals surface area (Å²) < 4.78 is 0. The van der Waals surface area contributed by atoms with E-state index in [2.05, 4.69) is 20.9 Å². The maximum absolute atomic E-state index is 13.9. The van der Waals surface area contributed by atoms with Crippen LogP contribution in [0.3, 0.4) is 0 Å². The summed E-state index contributed by atoms with van der Waals surface area (Å²) in [6, 6.07) is 23.6. The number of non-ortho nitro benzene ring substituents is 1. The molecule has 7 rings (SSSR count). The first-order valence-electron chi connectivity index (χ1n) is 14.0. The lowest BCUT2D eigenvalue weighted by molar-refractivity contribution is -0.384. The Labute approximate surface area is 236 Å². The molecular formula is C31H30N6O4. The van der Waals surface area contributed by atoms with E-state index in [0.29, 0.717) is 19.5 Å². The fourth-order valence-electron chi connectivity index (χ4n) is 6.57. The fraction of sp³-hybridized carbons (Fsp3) is 0.290. The van der Waals surface area contributed by atoms with Crippen LogP contribution in [0.2, 0.25) is 0 Å². The van der Waals surface area contributed by atoms with E-state index in [9.17, 15) is 19.7 Å². The Morgan fingerprint density at radius 2 is 1.56 bits per heavy atom. The lowest BCUT2D eigenvalue weighted by Gasteiger charge is -2.36. The van der Waals surface area contributed by atoms with Gasteiger partial charge in [-0.3, -0.25) is 29.6 Å². The van der Waals surface area contributed by atoms with E-state index in [0.717, 1.165) is 59.6 Å². The Kier molecular flexibility index (Phi) is 6.19. The number of aromatic amines is 1. The van der Waals surface area contributed by atoms with E-state index >= 15 is 0 Å². The van der Waals surface area contributed by atoms with Gasteiger partial charge in [-0.15, -0.1) is 0 Å². The number of nitro benzene ring substituents is 1. The van der Waals surface area contributed by atoms with Crippen molar-refractivity contribution in [3.8, 4) is 0 Å². The standard InChI is InChI=1S/C31H30N6O4/c38-30-27-20-25-24-8-4-5-9-26(24)32-28(25)29(21-6-2-1-3-7-21)36(27)31(39)35(30)19-16-33-14-17-34(18-15-33)22-10-12-23(13-11-22)37(40)41/h1-13,27,29,32H,14-20H2/t27-,29+/m1/s1. The zero-order valence-corrected chi connectivity index (χ0v) is 22.5. The number of hydrogen-bond donors (Lipinski definition) is 1. The van der Waals surface area contributed by atoms with Crippen LogP contribution in [0.1, 0.15) is 22.9 Å². The number of nitro groups is 1. The van der Waals surface area contributed by atoms with Gasteiger partial charge in [0, 0.05) is 80.1 Å². The first-order chi connectivity index (χ1) is 20.0. The Bertz CT molecular complexity index is 1630. The third-order valence-corrected chi connectivity index (χ3v) is 8.69. The van der Waals surface area contributed by atoms with Gasteiger partial charge >= 0.3 is 6.03 Å². The molecular weight excluding hydrogens is 520 g/mol. The summed E-state index contributed by atoms with van der Waals surface area (Å²) in [5, 5.41) is 12.1. The molecule has 2 fully saturated rings. The highest BCUT2D eigenvalue weighted by Gasteiger charge is 2.52. The predicted molar refractivity (Wildman–Crippen MR) is 155 cm³/mol. The van der Waals surface area contributed by atoms with Crippen molar-refractivity contribution in [3.05, 3.63) is 106 Å². The average Bonchev–Trinajstić information content (AvgIpc) is 3.49. The number of nitrogens with one attached hydrogen (secondary N) is 1. The molecule has 3 amide bonds. The Hall–Kier alpha value is -4.70. The molecule has 2 saturated heterocycles. The van der Waals surface area contributed by atoms with Crippen LogP contribution in [-0.2, 0) is 11.2 Å². The molecule has 3 aromatic carbocycles. The number of fused-ring (bicyclic) bond motifs is 4. The molecule has 10 heteroatoms. The predicted octanol–water partition coefficient (Wildman–Crippen LogP) is 4.18. The third kappa shape index (κ3) is 4.31. The largest absolute Gasteiger partial charge is 0.369 e.